The number of hydrogen-bond donors (Lipinski definition) is 2. The van der Waals surface area contributed by atoms with Crippen molar-refractivity contribution in [3.8, 4) is 0 Å². The first-order valence-corrected chi connectivity index (χ1v) is 13.3. The molecule has 8 nitrogen and oxygen atoms in total. The van der Waals surface area contributed by atoms with Crippen molar-refractivity contribution in [2.45, 2.75) is 31.8 Å². The van der Waals surface area contributed by atoms with Crippen molar-refractivity contribution in [3.05, 3.63) is 77.2 Å². The summed E-state index contributed by atoms with van der Waals surface area (Å²) >= 11 is 0. The van der Waals surface area contributed by atoms with E-state index >= 15 is 0 Å². The van der Waals surface area contributed by atoms with E-state index < -0.39 is 10.0 Å². The molecule has 0 saturated carbocycles. The Labute approximate surface area is 211 Å². The molecule has 1 atom stereocenters. The Morgan fingerprint density at radius 2 is 1.94 bits per heavy atom. The Bertz CT molecular complexity index is 1320. The summed E-state index contributed by atoms with van der Waals surface area (Å²) in [7, 11) is -3.79. The molecular formula is C26H31FN6O2S. The topological polar surface area (TPSA) is 102 Å². The summed E-state index contributed by atoms with van der Waals surface area (Å²) in [6, 6.07) is 12.8. The molecule has 3 aromatic rings. The van der Waals surface area contributed by atoms with Crippen molar-refractivity contribution < 1.29 is 12.8 Å². The first-order valence-electron chi connectivity index (χ1n) is 11.9. The number of anilines is 2. The number of rotatable bonds is 8. The second-order valence-electron chi connectivity index (χ2n) is 9.40. The largest absolute Gasteiger partial charge is 0.355 e. The van der Waals surface area contributed by atoms with Gasteiger partial charge in [-0.25, -0.2) is 12.8 Å². The predicted molar refractivity (Wildman–Crippen MR) is 139 cm³/mol. The van der Waals surface area contributed by atoms with Gasteiger partial charge in [0.1, 0.15) is 5.82 Å². The van der Waals surface area contributed by atoms with Crippen LogP contribution in [-0.2, 0) is 10.0 Å². The smallest absolute Gasteiger partial charge is 0.262 e. The molecule has 2 N–H and O–H groups in total. The van der Waals surface area contributed by atoms with E-state index in [1.54, 1.807) is 18.2 Å². The Hall–Kier alpha value is -3.21. The number of nitrogens with one attached hydrogen (secondary N) is 2. The molecule has 0 radical (unpaired) electrons. The van der Waals surface area contributed by atoms with Crippen LogP contribution in [0.25, 0.3) is 0 Å². The highest BCUT2D eigenvalue weighted by Gasteiger charge is 2.36. The highest BCUT2D eigenvalue weighted by Crippen LogP contribution is 2.34. The van der Waals surface area contributed by atoms with Crippen molar-refractivity contribution in [1.29, 1.82) is 5.41 Å². The van der Waals surface area contributed by atoms with Crippen LogP contribution < -0.4 is 5.32 Å². The molecule has 0 unspecified atom stereocenters. The lowest BCUT2D eigenvalue weighted by Crippen LogP contribution is -2.51. The van der Waals surface area contributed by atoms with E-state index in [2.05, 4.69) is 34.3 Å². The van der Waals surface area contributed by atoms with Crippen LogP contribution in [0.2, 0.25) is 0 Å². The zero-order chi connectivity index (χ0) is 25.9. The molecule has 1 aliphatic rings. The van der Waals surface area contributed by atoms with Crippen LogP contribution in [0.3, 0.4) is 0 Å². The molecule has 0 aliphatic carbocycles. The lowest BCUT2D eigenvalue weighted by atomic mass is 9.94. The van der Waals surface area contributed by atoms with E-state index in [0.717, 1.165) is 23.4 Å². The number of piperazine rings is 1. The number of aromatic nitrogens is 2. The minimum absolute atomic E-state index is 0.0585. The van der Waals surface area contributed by atoms with Gasteiger partial charge in [-0.05, 0) is 72.5 Å². The summed E-state index contributed by atoms with van der Waals surface area (Å²) in [5.41, 5.74) is 4.05. The summed E-state index contributed by atoms with van der Waals surface area (Å²) in [6.45, 7) is 8.31. The summed E-state index contributed by atoms with van der Waals surface area (Å²) < 4.78 is 41.4. The number of halogens is 1. The predicted octanol–water partition coefficient (Wildman–Crippen LogP) is 4.37. The number of nitrogens with zero attached hydrogens (tertiary/aromatic N) is 4. The Kier molecular flexibility index (Phi) is 7.77. The number of benzene rings is 2. The van der Waals surface area contributed by atoms with Gasteiger partial charge in [-0.1, -0.05) is 13.8 Å². The third-order valence-corrected chi connectivity index (χ3v) is 8.04. The highest BCUT2D eigenvalue weighted by molar-refractivity contribution is 7.89. The third-order valence-electron chi connectivity index (χ3n) is 6.28. The van der Waals surface area contributed by atoms with E-state index in [4.69, 9.17) is 5.41 Å². The monoisotopic (exact) mass is 510 g/mol. The number of hydrogen-bond acceptors (Lipinski definition) is 7. The molecule has 10 heteroatoms. The van der Waals surface area contributed by atoms with Gasteiger partial charge in [0.25, 0.3) is 10.0 Å². The molecule has 1 aliphatic heterocycles. The quantitative estimate of drug-likeness (QED) is 0.437. The maximum Gasteiger partial charge on any atom is 0.262 e. The molecule has 0 bridgehead atoms. The Morgan fingerprint density at radius 1 is 1.19 bits per heavy atom. The fraction of sp³-hybridized carbons (Fsp3) is 0.346. The van der Waals surface area contributed by atoms with Crippen LogP contribution in [0.5, 0.6) is 0 Å². The minimum Gasteiger partial charge on any atom is -0.355 e. The average Bonchev–Trinajstić information content (AvgIpc) is 2.86. The van der Waals surface area contributed by atoms with Gasteiger partial charge < -0.3 is 10.7 Å². The second-order valence-corrected chi connectivity index (χ2v) is 11.3. The third kappa shape index (κ3) is 5.61. The van der Waals surface area contributed by atoms with Crippen molar-refractivity contribution in [3.63, 3.8) is 0 Å². The van der Waals surface area contributed by atoms with Crippen LogP contribution in [0.1, 0.15) is 36.6 Å². The fourth-order valence-corrected chi connectivity index (χ4v) is 5.90. The SMILES string of the molecule is Cc1cc(Nc2ccc(F)cc2)c(C=N)cc1[C@H]1CN(S(=O)(=O)c2cccnn2)CCN1CC(C)C. The van der Waals surface area contributed by atoms with Gasteiger partial charge >= 0.3 is 0 Å². The fourth-order valence-electron chi connectivity index (χ4n) is 4.57. The highest BCUT2D eigenvalue weighted by atomic mass is 32.2. The average molecular weight is 511 g/mol. The lowest BCUT2D eigenvalue weighted by molar-refractivity contribution is 0.104. The molecule has 0 spiro atoms. The maximum absolute atomic E-state index is 13.3. The summed E-state index contributed by atoms with van der Waals surface area (Å²) in [6.07, 6.45) is 2.73. The molecular weight excluding hydrogens is 479 g/mol. The molecule has 1 fully saturated rings. The van der Waals surface area contributed by atoms with Crippen molar-refractivity contribution in [1.82, 2.24) is 19.4 Å². The molecule has 1 aromatic heterocycles. The molecule has 1 saturated heterocycles. The normalized spacial score (nSPS) is 17.3. The van der Waals surface area contributed by atoms with Gasteiger partial charge in [-0.2, -0.15) is 9.40 Å². The van der Waals surface area contributed by atoms with Gasteiger partial charge in [0, 0.05) is 61.6 Å². The van der Waals surface area contributed by atoms with E-state index in [1.807, 2.05) is 19.1 Å². The molecule has 4 rings (SSSR count). The molecule has 190 valence electrons. The van der Waals surface area contributed by atoms with Crippen LogP contribution in [0, 0.1) is 24.1 Å². The first-order chi connectivity index (χ1) is 17.2. The number of sulfonamides is 1. The summed E-state index contributed by atoms with van der Waals surface area (Å²) in [5, 5.41) is 18.8. The lowest BCUT2D eigenvalue weighted by Gasteiger charge is -2.42. The van der Waals surface area contributed by atoms with Gasteiger partial charge in [-0.15, -0.1) is 5.10 Å². The van der Waals surface area contributed by atoms with E-state index in [9.17, 15) is 12.8 Å². The van der Waals surface area contributed by atoms with E-state index in [0.29, 0.717) is 30.3 Å². The minimum atomic E-state index is -3.79. The van der Waals surface area contributed by atoms with Crippen molar-refractivity contribution >= 4 is 27.6 Å². The standard InChI is InChI=1S/C26H31FN6O2S/c1-18(2)16-32-11-12-33(36(34,35)26-5-4-10-29-31-26)17-25(32)23-14-20(15-28)24(13-19(23)3)30-22-8-6-21(27)7-9-22/h4-10,13-15,18,25,28,30H,11-12,16-17H2,1-3H3/t25-/m1/s1. The van der Waals surface area contributed by atoms with Gasteiger partial charge in [-0.3, -0.25) is 4.90 Å². The second kappa shape index (κ2) is 10.8. The van der Waals surface area contributed by atoms with Gasteiger partial charge in [0.2, 0.25) is 0 Å². The van der Waals surface area contributed by atoms with Crippen LogP contribution >= 0.6 is 0 Å². The summed E-state index contributed by atoms with van der Waals surface area (Å²) in [4.78, 5) is 2.32. The molecule has 36 heavy (non-hydrogen) atoms. The van der Waals surface area contributed by atoms with Crippen molar-refractivity contribution in [2.75, 3.05) is 31.5 Å². The van der Waals surface area contributed by atoms with Crippen molar-refractivity contribution in [2.24, 2.45) is 5.92 Å². The van der Waals surface area contributed by atoms with Crippen LogP contribution in [0.4, 0.5) is 15.8 Å². The van der Waals surface area contributed by atoms with Crippen LogP contribution in [0.15, 0.2) is 59.8 Å². The number of aryl methyl sites for hydroxylation is 1. The van der Waals surface area contributed by atoms with E-state index in [-0.39, 0.29) is 23.4 Å². The molecule has 2 aromatic carbocycles. The Morgan fingerprint density at radius 3 is 2.58 bits per heavy atom. The first kappa shape index (κ1) is 25.9. The molecule has 0 amide bonds. The van der Waals surface area contributed by atoms with Gasteiger partial charge in [0.05, 0.1) is 0 Å². The Balaban J connectivity index is 1.69. The molecule has 2 heterocycles. The summed E-state index contributed by atoms with van der Waals surface area (Å²) in [5.74, 6) is 0.0838. The van der Waals surface area contributed by atoms with Crippen LogP contribution in [-0.4, -0.2) is 60.2 Å². The van der Waals surface area contributed by atoms with Gasteiger partial charge in [0.15, 0.2) is 5.03 Å². The zero-order valence-corrected chi connectivity index (χ0v) is 21.5. The maximum atomic E-state index is 13.3. The zero-order valence-electron chi connectivity index (χ0n) is 20.6. The van der Waals surface area contributed by atoms with E-state index in [1.165, 1.54) is 34.9 Å².